The van der Waals surface area contributed by atoms with E-state index in [0.29, 0.717) is 0 Å². The van der Waals surface area contributed by atoms with Gasteiger partial charge >= 0.3 is 33.9 Å². The van der Waals surface area contributed by atoms with Crippen molar-refractivity contribution < 1.29 is 0 Å². The van der Waals surface area contributed by atoms with Crippen molar-refractivity contribution in [1.82, 2.24) is 0 Å². The zero-order valence-corrected chi connectivity index (χ0v) is 4.92. The Morgan fingerprint density at radius 2 is 1.20 bits per heavy atom. The molecule has 0 nitrogen and oxygen atoms in total. The van der Waals surface area contributed by atoms with Crippen LogP contribution in [0.25, 0.3) is 0 Å². The predicted octanol–water partition coefficient (Wildman–Crippen LogP) is 0.977. The van der Waals surface area contributed by atoms with Crippen LogP contribution in [-0.2, 0) is 0 Å². The van der Waals surface area contributed by atoms with E-state index in [1.165, 1.54) is 0 Å². The van der Waals surface area contributed by atoms with Crippen molar-refractivity contribution in [2.75, 3.05) is 20.0 Å². The molecule has 0 aromatic heterocycles. The van der Waals surface area contributed by atoms with Crippen molar-refractivity contribution in [3.63, 3.8) is 0 Å². The van der Waals surface area contributed by atoms with E-state index in [4.69, 9.17) is 7.18 Å². The minimum absolute atomic E-state index is 0.889. The fraction of sp³-hybridized carbons (Fsp3) is 1.00. The molecule has 0 saturated carbocycles. The van der Waals surface area contributed by atoms with Crippen LogP contribution in [-0.4, -0.2) is 27.2 Å². The van der Waals surface area contributed by atoms with E-state index in [2.05, 4.69) is 20.0 Å². The van der Waals surface area contributed by atoms with Crippen molar-refractivity contribution in [2.24, 2.45) is 0 Å². The van der Waals surface area contributed by atoms with Crippen LogP contribution in [0.15, 0.2) is 0 Å². The van der Waals surface area contributed by atoms with Crippen LogP contribution in [0.2, 0.25) is 0 Å². The van der Waals surface area contributed by atoms with Crippen molar-refractivity contribution in [3.8, 4) is 0 Å². The summed E-state index contributed by atoms with van der Waals surface area (Å²) in [5.41, 5.74) is 0. The third-order valence-corrected chi connectivity index (χ3v) is 0. The van der Waals surface area contributed by atoms with Gasteiger partial charge in [-0.25, -0.2) is 0 Å². The van der Waals surface area contributed by atoms with E-state index in [1.807, 2.05) is 0 Å². The summed E-state index contributed by atoms with van der Waals surface area (Å²) in [6, 6.07) is 0. The van der Waals surface area contributed by atoms with Crippen LogP contribution in [0.1, 0.15) is 0 Å². The van der Waals surface area contributed by atoms with Gasteiger partial charge in [-0.1, -0.05) is 0 Å². The standard InChI is InChI=1S/C3H9BP/c1-5(2,3)4/h1-3H3. The summed E-state index contributed by atoms with van der Waals surface area (Å²) in [5, 5.41) is 0. The molecular formula is C3H9BP. The molecule has 0 bridgehead atoms. The summed E-state index contributed by atoms with van der Waals surface area (Å²) in [6.07, 6.45) is 0. The predicted molar refractivity (Wildman–Crippen MR) is 30.4 cm³/mol. The Balaban J connectivity index is 3.47. The van der Waals surface area contributed by atoms with Crippen molar-refractivity contribution in [1.29, 1.82) is 0 Å². The number of hydrogen-bond acceptors (Lipinski definition) is 0. The fourth-order valence-corrected chi connectivity index (χ4v) is 0. The van der Waals surface area contributed by atoms with Crippen LogP contribution >= 0.6 is 6.75 Å². The molecule has 0 atom stereocenters. The number of hydrogen-bond donors (Lipinski definition) is 0. The molecule has 0 N–H and O–H groups in total. The Bertz CT molecular complexity index is 53.0. The second kappa shape index (κ2) is 1.30. The van der Waals surface area contributed by atoms with E-state index in [1.54, 1.807) is 0 Å². The molecule has 0 unspecified atom stereocenters. The van der Waals surface area contributed by atoms with Gasteiger partial charge in [-0.3, -0.25) is 0 Å². The summed E-state index contributed by atoms with van der Waals surface area (Å²) in [5.74, 6) is 0. The van der Waals surface area contributed by atoms with Crippen molar-refractivity contribution in [2.45, 2.75) is 0 Å². The van der Waals surface area contributed by atoms with Gasteiger partial charge in [-0.2, -0.15) is 0 Å². The maximum atomic E-state index is 5.47. The third kappa shape index (κ3) is 114. The van der Waals surface area contributed by atoms with Gasteiger partial charge < -0.3 is 0 Å². The summed E-state index contributed by atoms with van der Waals surface area (Å²) in [6.45, 7) is 5.34. The quantitative estimate of drug-likeness (QED) is 0.305. The molecule has 29 valence electrons. The normalized spacial score (nSPS) is 11.6. The van der Waals surface area contributed by atoms with Crippen molar-refractivity contribution >= 4 is 13.9 Å². The molecular weight excluding hydrogens is 77.8 g/mol. The van der Waals surface area contributed by atoms with Gasteiger partial charge in [0.05, 0.1) is 0 Å². The summed E-state index contributed by atoms with van der Waals surface area (Å²) < 4.78 is 0. The maximum absolute atomic E-state index is 5.47. The zero-order valence-electron chi connectivity index (χ0n) is 4.02. The van der Waals surface area contributed by atoms with Crippen molar-refractivity contribution in [3.05, 3.63) is 0 Å². The van der Waals surface area contributed by atoms with Gasteiger partial charge in [0.1, 0.15) is 0 Å². The first-order valence-corrected chi connectivity index (χ1v) is 4.80. The average molecular weight is 86.9 g/mol. The van der Waals surface area contributed by atoms with Gasteiger partial charge in [-0.15, -0.1) is 0 Å². The molecule has 5 heavy (non-hydrogen) atoms. The van der Waals surface area contributed by atoms with Gasteiger partial charge in [0.15, 0.2) is 0 Å². The molecule has 0 aromatic rings. The summed E-state index contributed by atoms with van der Waals surface area (Å²) >= 11 is 0. The molecule has 0 fully saturated rings. The number of rotatable bonds is 0. The van der Waals surface area contributed by atoms with E-state index < -0.39 is 6.75 Å². The van der Waals surface area contributed by atoms with Gasteiger partial charge in [0, 0.05) is 0 Å². The second-order valence-electron chi connectivity index (χ2n) is 2.12. The monoisotopic (exact) mass is 87.1 g/mol. The molecule has 0 aliphatic rings. The Morgan fingerprint density at radius 3 is 1.20 bits per heavy atom. The molecule has 0 aliphatic carbocycles. The van der Waals surface area contributed by atoms with E-state index in [9.17, 15) is 0 Å². The molecule has 1 radical (unpaired) electrons. The summed E-state index contributed by atoms with van der Waals surface area (Å²) in [7, 11) is 5.47. The summed E-state index contributed by atoms with van der Waals surface area (Å²) in [4.78, 5) is 0. The van der Waals surface area contributed by atoms with Crippen LogP contribution in [0, 0.1) is 0 Å². The zero-order chi connectivity index (χ0) is 4.50. The third-order valence-electron chi connectivity index (χ3n) is 0. The molecule has 2 heteroatoms. The molecule has 0 amide bonds. The van der Waals surface area contributed by atoms with E-state index in [-0.39, 0.29) is 0 Å². The minimum atomic E-state index is -0.889. The molecule has 0 aliphatic heterocycles. The fourth-order valence-electron chi connectivity index (χ4n) is 0. The van der Waals surface area contributed by atoms with Crippen LogP contribution in [0.5, 0.6) is 0 Å². The molecule has 0 saturated heterocycles. The van der Waals surface area contributed by atoms with Gasteiger partial charge in [0.2, 0.25) is 0 Å². The van der Waals surface area contributed by atoms with E-state index in [0.717, 1.165) is 0 Å². The molecule has 0 aromatic carbocycles. The SMILES string of the molecule is [B]=P(C)(C)C. The van der Waals surface area contributed by atoms with Gasteiger partial charge in [0.25, 0.3) is 0 Å². The Morgan fingerprint density at radius 1 is 1.20 bits per heavy atom. The first-order valence-electron chi connectivity index (χ1n) is 1.60. The molecule has 0 rings (SSSR count). The van der Waals surface area contributed by atoms with Crippen LogP contribution in [0.3, 0.4) is 0 Å². The first-order chi connectivity index (χ1) is 2.00. The Kier molecular flexibility index (Phi) is 1.43. The Labute approximate surface area is 34.9 Å². The molecule has 0 heterocycles. The Hall–Kier alpha value is 0.495. The van der Waals surface area contributed by atoms with E-state index >= 15 is 0 Å². The second-order valence-corrected chi connectivity index (χ2v) is 6.35. The van der Waals surface area contributed by atoms with Gasteiger partial charge in [-0.05, 0) is 0 Å². The van der Waals surface area contributed by atoms with Crippen LogP contribution < -0.4 is 0 Å². The average Bonchev–Trinajstić information content (AvgIpc) is 0.722. The molecule has 0 spiro atoms. The first kappa shape index (κ1) is 5.49. The topological polar surface area (TPSA) is 0 Å². The van der Waals surface area contributed by atoms with Crippen LogP contribution in [0.4, 0.5) is 0 Å².